The van der Waals surface area contributed by atoms with Gasteiger partial charge in [-0.05, 0) is 20.8 Å². The van der Waals surface area contributed by atoms with Crippen LogP contribution in [0.5, 0.6) is 0 Å². The number of nitrogens with zero attached hydrogens (tertiary/aromatic N) is 1. The summed E-state index contributed by atoms with van der Waals surface area (Å²) in [5.74, 6) is -2.25. The molecule has 8 nitrogen and oxygen atoms in total. The second-order valence-electron chi connectivity index (χ2n) is 4.93. The van der Waals surface area contributed by atoms with Crippen LogP contribution in [0, 0.1) is 0 Å². The van der Waals surface area contributed by atoms with Gasteiger partial charge in [0.1, 0.15) is 5.60 Å². The van der Waals surface area contributed by atoms with Gasteiger partial charge >= 0.3 is 18.0 Å². The van der Waals surface area contributed by atoms with E-state index in [2.05, 4.69) is 5.32 Å². The van der Waals surface area contributed by atoms with Crippen molar-refractivity contribution >= 4 is 18.0 Å². The van der Waals surface area contributed by atoms with Crippen molar-refractivity contribution < 1.29 is 29.3 Å². The van der Waals surface area contributed by atoms with Crippen LogP contribution in [0.3, 0.4) is 0 Å². The molecule has 0 unspecified atom stereocenters. The Kier molecular flexibility index (Phi) is 6.84. The van der Waals surface area contributed by atoms with E-state index in [-0.39, 0.29) is 13.1 Å². The summed E-state index contributed by atoms with van der Waals surface area (Å²) in [6, 6.07) is 0. The third-order valence-electron chi connectivity index (χ3n) is 1.81. The van der Waals surface area contributed by atoms with E-state index in [1.165, 1.54) is 4.90 Å². The first-order valence-electron chi connectivity index (χ1n) is 5.73. The number of hydrogen-bond acceptors (Lipinski definition) is 5. The molecule has 0 heterocycles. The molecule has 1 amide bonds. The Morgan fingerprint density at radius 3 is 1.95 bits per heavy atom. The predicted octanol–water partition coefficient (Wildman–Crippen LogP) is -0.0177. The molecule has 0 aromatic heterocycles. The number of carboxylic acid groups (broad SMARTS) is 2. The largest absolute Gasteiger partial charge is 0.480 e. The second kappa shape index (κ2) is 7.57. The van der Waals surface area contributed by atoms with Crippen LogP contribution >= 0.6 is 0 Å². The molecule has 0 fully saturated rings. The molecule has 0 spiro atoms. The summed E-state index contributed by atoms with van der Waals surface area (Å²) in [6.07, 6.45) is -0.627. The minimum absolute atomic E-state index is 0.107. The summed E-state index contributed by atoms with van der Waals surface area (Å²) in [4.78, 5) is 33.6. The fraction of sp³-hybridized carbons (Fsp3) is 0.727. The van der Waals surface area contributed by atoms with Crippen LogP contribution in [-0.2, 0) is 14.3 Å². The molecule has 3 N–H and O–H groups in total. The molecule has 0 saturated heterocycles. The zero-order valence-electron chi connectivity index (χ0n) is 11.3. The smallest absolute Gasteiger partial charge is 0.407 e. The second-order valence-corrected chi connectivity index (χ2v) is 4.93. The van der Waals surface area contributed by atoms with Crippen molar-refractivity contribution in [2.75, 3.05) is 26.2 Å². The van der Waals surface area contributed by atoms with Crippen LogP contribution in [0.25, 0.3) is 0 Å². The predicted molar refractivity (Wildman–Crippen MR) is 65.9 cm³/mol. The van der Waals surface area contributed by atoms with Crippen molar-refractivity contribution in [2.45, 2.75) is 26.4 Å². The quantitative estimate of drug-likeness (QED) is 0.598. The highest BCUT2D eigenvalue weighted by atomic mass is 16.6. The molecule has 0 bridgehead atoms. The topological polar surface area (TPSA) is 116 Å². The van der Waals surface area contributed by atoms with Crippen LogP contribution in [-0.4, -0.2) is 64.9 Å². The van der Waals surface area contributed by atoms with Crippen molar-refractivity contribution in [1.29, 1.82) is 0 Å². The highest BCUT2D eigenvalue weighted by Crippen LogP contribution is 2.06. The van der Waals surface area contributed by atoms with Gasteiger partial charge in [-0.2, -0.15) is 0 Å². The Morgan fingerprint density at radius 2 is 1.58 bits per heavy atom. The number of ether oxygens (including phenoxy) is 1. The van der Waals surface area contributed by atoms with Crippen molar-refractivity contribution in [3.8, 4) is 0 Å². The van der Waals surface area contributed by atoms with E-state index in [0.29, 0.717) is 0 Å². The Balaban J connectivity index is 4.07. The number of hydrogen-bond donors (Lipinski definition) is 3. The van der Waals surface area contributed by atoms with E-state index >= 15 is 0 Å². The van der Waals surface area contributed by atoms with E-state index in [0.717, 1.165) is 0 Å². The van der Waals surface area contributed by atoms with Crippen molar-refractivity contribution in [2.24, 2.45) is 0 Å². The summed E-state index contributed by atoms with van der Waals surface area (Å²) < 4.78 is 4.98. The van der Waals surface area contributed by atoms with Gasteiger partial charge < -0.3 is 20.3 Å². The number of rotatable bonds is 7. The molecular weight excluding hydrogens is 256 g/mol. The number of alkyl carbamates (subject to hydrolysis) is 1. The van der Waals surface area contributed by atoms with Gasteiger partial charge in [-0.1, -0.05) is 0 Å². The number of carboxylic acids is 2. The van der Waals surface area contributed by atoms with Crippen molar-refractivity contribution in [3.05, 3.63) is 0 Å². The standard InChI is InChI=1S/C11H20N2O6/c1-11(2,3)19-10(18)12-4-5-13(6-8(14)15)7-9(16)17/h4-7H2,1-3H3,(H,12,18)(H,14,15)(H,16,17). The minimum atomic E-state index is -1.13. The van der Waals surface area contributed by atoms with Gasteiger partial charge in [-0.3, -0.25) is 14.5 Å². The zero-order valence-corrected chi connectivity index (χ0v) is 11.3. The number of aliphatic carboxylic acids is 2. The highest BCUT2D eigenvalue weighted by Gasteiger charge is 2.17. The molecule has 110 valence electrons. The maximum atomic E-state index is 11.3. The number of carbonyl (C=O) groups is 3. The normalized spacial score (nSPS) is 11.2. The van der Waals surface area contributed by atoms with E-state index in [9.17, 15) is 14.4 Å². The lowest BCUT2D eigenvalue weighted by molar-refractivity contribution is -0.141. The Labute approximate surface area is 111 Å². The highest BCUT2D eigenvalue weighted by molar-refractivity contribution is 5.72. The van der Waals surface area contributed by atoms with Gasteiger partial charge in [0.05, 0.1) is 13.1 Å². The first-order valence-corrected chi connectivity index (χ1v) is 5.73. The lowest BCUT2D eigenvalue weighted by Gasteiger charge is -2.21. The summed E-state index contributed by atoms with van der Waals surface area (Å²) >= 11 is 0. The third kappa shape index (κ3) is 11.0. The first-order chi connectivity index (χ1) is 8.60. The zero-order chi connectivity index (χ0) is 15.1. The number of nitrogens with one attached hydrogen (secondary N) is 1. The molecular formula is C11H20N2O6. The summed E-state index contributed by atoms with van der Waals surface area (Å²) in [5, 5.41) is 19.7. The molecule has 0 atom stereocenters. The van der Waals surface area contributed by atoms with Gasteiger partial charge in [0, 0.05) is 13.1 Å². The fourth-order valence-electron chi connectivity index (χ4n) is 1.23. The van der Waals surface area contributed by atoms with Gasteiger partial charge in [0.2, 0.25) is 0 Å². The average molecular weight is 276 g/mol. The molecule has 0 aliphatic carbocycles. The average Bonchev–Trinajstić information content (AvgIpc) is 2.11. The summed E-state index contributed by atoms with van der Waals surface area (Å²) in [5.41, 5.74) is -0.619. The van der Waals surface area contributed by atoms with E-state index in [1.54, 1.807) is 20.8 Å². The SMILES string of the molecule is CC(C)(C)OC(=O)NCCN(CC(=O)O)CC(=O)O. The lowest BCUT2D eigenvalue weighted by atomic mass is 10.2. The Morgan fingerprint density at radius 1 is 1.11 bits per heavy atom. The van der Waals surface area contributed by atoms with E-state index in [4.69, 9.17) is 14.9 Å². The molecule has 0 aromatic carbocycles. The van der Waals surface area contributed by atoms with E-state index < -0.39 is 36.7 Å². The fourth-order valence-corrected chi connectivity index (χ4v) is 1.23. The van der Waals surface area contributed by atoms with Crippen molar-refractivity contribution in [3.63, 3.8) is 0 Å². The van der Waals surface area contributed by atoms with Crippen LogP contribution < -0.4 is 5.32 Å². The molecule has 19 heavy (non-hydrogen) atoms. The molecule has 0 aliphatic heterocycles. The monoisotopic (exact) mass is 276 g/mol. The van der Waals surface area contributed by atoms with E-state index in [1.807, 2.05) is 0 Å². The summed E-state index contributed by atoms with van der Waals surface area (Å²) in [6.45, 7) is 4.56. The van der Waals surface area contributed by atoms with Crippen LogP contribution in [0.15, 0.2) is 0 Å². The maximum absolute atomic E-state index is 11.3. The first kappa shape index (κ1) is 17.2. The Hall–Kier alpha value is -1.83. The maximum Gasteiger partial charge on any atom is 0.407 e. The molecule has 0 aromatic rings. The van der Waals surface area contributed by atoms with Gasteiger partial charge in [-0.25, -0.2) is 4.79 Å². The lowest BCUT2D eigenvalue weighted by Crippen LogP contribution is -2.41. The third-order valence-corrected chi connectivity index (χ3v) is 1.81. The minimum Gasteiger partial charge on any atom is -0.480 e. The number of carbonyl (C=O) groups excluding carboxylic acids is 1. The van der Waals surface area contributed by atoms with Crippen LogP contribution in [0.4, 0.5) is 4.79 Å². The van der Waals surface area contributed by atoms with Gasteiger partial charge in [-0.15, -0.1) is 0 Å². The van der Waals surface area contributed by atoms with Crippen LogP contribution in [0.2, 0.25) is 0 Å². The number of amides is 1. The van der Waals surface area contributed by atoms with Crippen LogP contribution in [0.1, 0.15) is 20.8 Å². The molecule has 0 radical (unpaired) electrons. The molecule has 8 heteroatoms. The van der Waals surface area contributed by atoms with Crippen molar-refractivity contribution in [1.82, 2.24) is 10.2 Å². The molecule has 0 aliphatic rings. The summed E-state index contributed by atoms with van der Waals surface area (Å²) in [7, 11) is 0. The molecule has 0 rings (SSSR count). The molecule has 0 saturated carbocycles. The van der Waals surface area contributed by atoms with Gasteiger partial charge in [0.25, 0.3) is 0 Å². The Bertz CT molecular complexity index is 321. The van der Waals surface area contributed by atoms with Gasteiger partial charge in [0.15, 0.2) is 0 Å².